The van der Waals surface area contributed by atoms with E-state index in [0.717, 1.165) is 0 Å². The Morgan fingerprint density at radius 3 is 2.35 bits per heavy atom. The maximum absolute atomic E-state index is 11.9. The van der Waals surface area contributed by atoms with Gasteiger partial charge >= 0.3 is 6.03 Å². The average molecular weight is 242 g/mol. The number of hydrogen-bond donors (Lipinski definition) is 1. The van der Waals surface area contributed by atoms with Gasteiger partial charge in [-0.3, -0.25) is 10.1 Å². The van der Waals surface area contributed by atoms with Crippen LogP contribution >= 0.6 is 0 Å². The molecule has 1 aliphatic heterocycles. The van der Waals surface area contributed by atoms with E-state index in [1.54, 1.807) is 4.90 Å². The van der Waals surface area contributed by atoms with E-state index in [0.29, 0.717) is 26.0 Å². The van der Waals surface area contributed by atoms with Crippen LogP contribution in [0, 0.1) is 0 Å². The van der Waals surface area contributed by atoms with E-state index < -0.39 is 5.54 Å². The van der Waals surface area contributed by atoms with Crippen LogP contribution < -0.4 is 5.32 Å². The van der Waals surface area contributed by atoms with E-state index in [9.17, 15) is 9.59 Å². The Balaban J connectivity index is 2.72. The Labute approximate surface area is 102 Å². The van der Waals surface area contributed by atoms with Crippen molar-refractivity contribution in [3.63, 3.8) is 0 Å². The lowest BCUT2D eigenvalue weighted by molar-refractivity contribution is -0.127. The molecular weight excluding hydrogens is 220 g/mol. The predicted molar refractivity (Wildman–Crippen MR) is 64.6 cm³/mol. The van der Waals surface area contributed by atoms with Gasteiger partial charge in [0.25, 0.3) is 5.91 Å². The molecule has 5 nitrogen and oxygen atoms in total. The number of amides is 3. The molecule has 0 aromatic carbocycles. The van der Waals surface area contributed by atoms with E-state index in [4.69, 9.17) is 4.74 Å². The van der Waals surface area contributed by atoms with Gasteiger partial charge < -0.3 is 9.64 Å². The van der Waals surface area contributed by atoms with Gasteiger partial charge in [-0.1, -0.05) is 13.8 Å². The molecule has 0 spiro atoms. The van der Waals surface area contributed by atoms with E-state index in [1.807, 2.05) is 27.7 Å². The molecule has 3 amide bonds. The molecule has 0 bridgehead atoms. The fourth-order valence-electron chi connectivity index (χ4n) is 2.25. The molecule has 0 saturated carbocycles. The van der Waals surface area contributed by atoms with Crippen LogP contribution in [0.2, 0.25) is 0 Å². The van der Waals surface area contributed by atoms with Crippen molar-refractivity contribution in [2.75, 3.05) is 13.2 Å². The van der Waals surface area contributed by atoms with Crippen molar-refractivity contribution < 1.29 is 14.3 Å². The standard InChI is InChI=1S/C12H22N2O3/c1-5-12(6-2)10(15)13-11(16)14(12)7-8-17-9(3)4/h9H,5-8H2,1-4H3,(H,13,15,16). The van der Waals surface area contributed by atoms with Crippen LogP contribution in [-0.4, -0.2) is 41.6 Å². The predicted octanol–water partition coefficient (Wildman–Crippen LogP) is 1.52. The van der Waals surface area contributed by atoms with E-state index in [2.05, 4.69) is 5.32 Å². The van der Waals surface area contributed by atoms with Gasteiger partial charge in [-0.2, -0.15) is 0 Å². The van der Waals surface area contributed by atoms with Crippen LogP contribution in [0.5, 0.6) is 0 Å². The maximum atomic E-state index is 11.9. The van der Waals surface area contributed by atoms with Gasteiger partial charge in [-0.05, 0) is 26.7 Å². The molecule has 0 aliphatic carbocycles. The molecule has 17 heavy (non-hydrogen) atoms. The zero-order valence-electron chi connectivity index (χ0n) is 11.1. The van der Waals surface area contributed by atoms with Crippen LogP contribution in [0.25, 0.3) is 0 Å². The second kappa shape index (κ2) is 5.49. The van der Waals surface area contributed by atoms with Crippen molar-refractivity contribution in [2.45, 2.75) is 52.2 Å². The van der Waals surface area contributed by atoms with Crippen LogP contribution in [0.1, 0.15) is 40.5 Å². The summed E-state index contributed by atoms with van der Waals surface area (Å²) < 4.78 is 5.44. The molecule has 1 saturated heterocycles. The summed E-state index contributed by atoms with van der Waals surface area (Å²) in [6, 6.07) is -0.300. The second-order valence-corrected chi connectivity index (χ2v) is 4.57. The molecule has 0 unspecified atom stereocenters. The molecule has 1 fully saturated rings. The fraction of sp³-hybridized carbons (Fsp3) is 0.833. The first-order chi connectivity index (χ1) is 7.97. The molecule has 1 rings (SSSR count). The Kier molecular flexibility index (Phi) is 4.51. The molecule has 0 radical (unpaired) electrons. The summed E-state index contributed by atoms with van der Waals surface area (Å²) in [7, 11) is 0. The Morgan fingerprint density at radius 2 is 1.88 bits per heavy atom. The third-order valence-electron chi connectivity index (χ3n) is 3.34. The normalized spacial score (nSPS) is 19.0. The summed E-state index contributed by atoms with van der Waals surface area (Å²) in [5, 5.41) is 2.39. The van der Waals surface area contributed by atoms with Gasteiger partial charge in [-0.25, -0.2) is 4.79 Å². The maximum Gasteiger partial charge on any atom is 0.325 e. The number of rotatable bonds is 6. The first kappa shape index (κ1) is 14.0. The molecule has 0 atom stereocenters. The van der Waals surface area contributed by atoms with Gasteiger partial charge in [0.15, 0.2) is 0 Å². The first-order valence-corrected chi connectivity index (χ1v) is 6.22. The Bertz CT molecular complexity index is 298. The molecule has 98 valence electrons. The van der Waals surface area contributed by atoms with Crippen LogP contribution in [-0.2, 0) is 9.53 Å². The van der Waals surface area contributed by atoms with Crippen LogP contribution in [0.4, 0.5) is 4.79 Å². The van der Waals surface area contributed by atoms with Crippen molar-refractivity contribution in [1.29, 1.82) is 0 Å². The number of imide groups is 1. The number of ether oxygens (including phenoxy) is 1. The first-order valence-electron chi connectivity index (χ1n) is 6.22. The lowest BCUT2D eigenvalue weighted by Gasteiger charge is -2.33. The largest absolute Gasteiger partial charge is 0.377 e. The minimum Gasteiger partial charge on any atom is -0.377 e. The zero-order valence-corrected chi connectivity index (χ0v) is 11.1. The summed E-state index contributed by atoms with van der Waals surface area (Å²) in [5.74, 6) is -0.183. The molecule has 5 heteroatoms. The van der Waals surface area contributed by atoms with Crippen LogP contribution in [0.15, 0.2) is 0 Å². The molecule has 0 aromatic heterocycles. The molecule has 0 aromatic rings. The topological polar surface area (TPSA) is 58.6 Å². The average Bonchev–Trinajstić information content (AvgIpc) is 2.50. The minimum atomic E-state index is -0.683. The summed E-state index contributed by atoms with van der Waals surface area (Å²) >= 11 is 0. The molecule has 1 N–H and O–H groups in total. The number of nitrogens with zero attached hydrogens (tertiary/aromatic N) is 1. The number of hydrogen-bond acceptors (Lipinski definition) is 3. The van der Waals surface area contributed by atoms with Crippen molar-refractivity contribution in [3.8, 4) is 0 Å². The Hall–Kier alpha value is -1.10. The van der Waals surface area contributed by atoms with Gasteiger partial charge in [-0.15, -0.1) is 0 Å². The monoisotopic (exact) mass is 242 g/mol. The third kappa shape index (κ3) is 2.60. The zero-order chi connectivity index (χ0) is 13.1. The SMILES string of the molecule is CCC1(CC)C(=O)NC(=O)N1CCOC(C)C. The highest BCUT2D eigenvalue weighted by Crippen LogP contribution is 2.28. The van der Waals surface area contributed by atoms with Gasteiger partial charge in [0.05, 0.1) is 12.7 Å². The number of nitrogens with one attached hydrogen (secondary N) is 1. The molecule has 1 aliphatic rings. The summed E-state index contributed by atoms with van der Waals surface area (Å²) in [6.45, 7) is 8.66. The van der Waals surface area contributed by atoms with Crippen molar-refractivity contribution in [2.24, 2.45) is 0 Å². The highest BCUT2D eigenvalue weighted by atomic mass is 16.5. The molecule has 1 heterocycles. The summed E-state index contributed by atoms with van der Waals surface area (Å²) in [4.78, 5) is 25.2. The van der Waals surface area contributed by atoms with E-state index in [-0.39, 0.29) is 18.0 Å². The minimum absolute atomic E-state index is 0.133. The van der Waals surface area contributed by atoms with Gasteiger partial charge in [0, 0.05) is 6.54 Å². The highest BCUT2D eigenvalue weighted by molar-refractivity contribution is 6.06. The van der Waals surface area contributed by atoms with Crippen molar-refractivity contribution in [1.82, 2.24) is 10.2 Å². The number of carbonyl (C=O) groups excluding carboxylic acids is 2. The summed E-state index contributed by atoms with van der Waals surface area (Å²) in [6.07, 6.45) is 1.39. The second-order valence-electron chi connectivity index (χ2n) is 4.57. The van der Waals surface area contributed by atoms with Gasteiger partial charge in [0.1, 0.15) is 5.54 Å². The van der Waals surface area contributed by atoms with Crippen molar-refractivity contribution in [3.05, 3.63) is 0 Å². The lowest BCUT2D eigenvalue weighted by atomic mass is 9.91. The van der Waals surface area contributed by atoms with Gasteiger partial charge in [0.2, 0.25) is 0 Å². The lowest BCUT2D eigenvalue weighted by Crippen LogP contribution is -2.50. The van der Waals surface area contributed by atoms with Crippen molar-refractivity contribution >= 4 is 11.9 Å². The smallest absolute Gasteiger partial charge is 0.325 e. The number of urea groups is 1. The fourth-order valence-corrected chi connectivity index (χ4v) is 2.25. The highest BCUT2D eigenvalue weighted by Gasteiger charge is 2.49. The van der Waals surface area contributed by atoms with Crippen LogP contribution in [0.3, 0.4) is 0 Å². The quantitative estimate of drug-likeness (QED) is 0.718. The third-order valence-corrected chi connectivity index (χ3v) is 3.34. The number of carbonyl (C=O) groups is 2. The van der Waals surface area contributed by atoms with E-state index >= 15 is 0 Å². The van der Waals surface area contributed by atoms with E-state index in [1.165, 1.54) is 0 Å². The summed E-state index contributed by atoms with van der Waals surface area (Å²) in [5.41, 5.74) is -0.683. The molecular formula is C12H22N2O3. The Morgan fingerprint density at radius 1 is 1.29 bits per heavy atom.